The highest BCUT2D eigenvalue weighted by Gasteiger charge is 2.27. The van der Waals surface area contributed by atoms with Crippen LogP contribution in [0, 0.1) is 5.92 Å². The van der Waals surface area contributed by atoms with Crippen LogP contribution in [0.5, 0.6) is 0 Å². The van der Waals surface area contributed by atoms with Crippen LogP contribution in [-0.2, 0) is 20.0 Å². The number of rotatable bonds is 10. The van der Waals surface area contributed by atoms with E-state index in [1.54, 1.807) is 13.1 Å². The zero-order valence-electron chi connectivity index (χ0n) is 18.7. The Morgan fingerprint density at radius 2 is 1.97 bits per heavy atom. The van der Waals surface area contributed by atoms with E-state index in [9.17, 15) is 14.3 Å². The molecule has 0 bridgehead atoms. The highest BCUT2D eigenvalue weighted by Crippen LogP contribution is 2.48. The maximum Gasteiger partial charge on any atom is 0.332 e. The number of benzene rings is 1. The second-order valence-electron chi connectivity index (χ2n) is 8.49. The first-order chi connectivity index (χ1) is 14.7. The molecule has 1 saturated carbocycles. The van der Waals surface area contributed by atoms with E-state index in [0.717, 1.165) is 29.7 Å². The number of nitrogens with zero attached hydrogens (tertiary/aromatic N) is 2. The summed E-state index contributed by atoms with van der Waals surface area (Å²) in [7, 11) is 0.0492. The molecule has 1 heterocycles. The third kappa shape index (κ3) is 6.89. The Labute approximate surface area is 184 Å². The van der Waals surface area contributed by atoms with Crippen molar-refractivity contribution in [2.45, 2.75) is 51.8 Å². The normalized spacial score (nSPS) is 16.4. The van der Waals surface area contributed by atoms with Gasteiger partial charge in [-0.25, -0.2) is 4.98 Å². The average Bonchev–Trinajstić information content (AvgIpc) is 3.52. The lowest BCUT2D eigenvalue weighted by Gasteiger charge is -2.19. The summed E-state index contributed by atoms with van der Waals surface area (Å²) in [5.74, 6) is 0.645. The Hall–Kier alpha value is -2.21. The van der Waals surface area contributed by atoms with Crippen LogP contribution in [-0.4, -0.2) is 36.0 Å². The Bertz CT molecular complexity index is 958. The summed E-state index contributed by atoms with van der Waals surface area (Å²) in [6.45, 7) is 3.66. The predicted molar refractivity (Wildman–Crippen MR) is 124 cm³/mol. The molecule has 2 atom stereocenters. The lowest BCUT2D eigenvalue weighted by atomic mass is 10.1. The Kier molecular flexibility index (Phi) is 7.52. The molecule has 1 fully saturated rings. The molecule has 8 heteroatoms. The van der Waals surface area contributed by atoms with Crippen LogP contribution in [0.2, 0.25) is 0 Å². The van der Waals surface area contributed by atoms with Gasteiger partial charge in [0, 0.05) is 43.5 Å². The van der Waals surface area contributed by atoms with Crippen molar-refractivity contribution in [3.63, 3.8) is 0 Å². The zero-order valence-corrected chi connectivity index (χ0v) is 19.6. The van der Waals surface area contributed by atoms with E-state index >= 15 is 0 Å². The standard InChI is InChI=1S/C23H32N3O4P/c1-5-16(2)30-31(28,29)15-20-13-19(18-8-10-21(11-9-18)26(3)4)14-24-23(20)25-22(27)12-17-6-7-17/h8-11,13-14,16-17H,5-7,12,15H2,1-4H3,(H,28,29)(H,24,25,27). The molecule has 1 aliphatic carbocycles. The Morgan fingerprint density at radius 1 is 1.29 bits per heavy atom. The second-order valence-corrected chi connectivity index (χ2v) is 10.3. The summed E-state index contributed by atoms with van der Waals surface area (Å²) >= 11 is 0. The largest absolute Gasteiger partial charge is 0.378 e. The number of hydrogen-bond donors (Lipinski definition) is 2. The quantitative estimate of drug-likeness (QED) is 0.497. The monoisotopic (exact) mass is 445 g/mol. The Balaban J connectivity index is 1.89. The number of anilines is 2. The second kappa shape index (κ2) is 9.94. The van der Waals surface area contributed by atoms with E-state index in [4.69, 9.17) is 4.52 Å². The molecular weight excluding hydrogens is 413 g/mol. The molecule has 1 aliphatic rings. The smallest absolute Gasteiger partial charge is 0.332 e. The number of nitrogens with one attached hydrogen (secondary N) is 1. The van der Waals surface area contributed by atoms with Crippen LogP contribution in [0.25, 0.3) is 11.1 Å². The van der Waals surface area contributed by atoms with Crippen molar-refractivity contribution in [2.24, 2.45) is 5.92 Å². The molecule has 1 aromatic carbocycles. The minimum absolute atomic E-state index is 0.116. The molecule has 7 nitrogen and oxygen atoms in total. The molecule has 2 N–H and O–H groups in total. The molecule has 31 heavy (non-hydrogen) atoms. The SMILES string of the molecule is CCC(C)OP(=O)(O)Cc1cc(-c2ccc(N(C)C)cc2)cnc1NC(=O)CC1CC1. The first-order valence-electron chi connectivity index (χ1n) is 10.7. The van der Waals surface area contributed by atoms with Crippen molar-refractivity contribution in [2.75, 3.05) is 24.3 Å². The van der Waals surface area contributed by atoms with Crippen molar-refractivity contribution in [1.29, 1.82) is 0 Å². The van der Waals surface area contributed by atoms with Gasteiger partial charge in [0.15, 0.2) is 0 Å². The molecule has 168 valence electrons. The first kappa shape index (κ1) is 23.5. The number of pyridine rings is 1. The van der Waals surface area contributed by atoms with E-state index in [2.05, 4.69) is 10.3 Å². The van der Waals surface area contributed by atoms with E-state index in [-0.39, 0.29) is 18.2 Å². The zero-order chi connectivity index (χ0) is 22.6. The lowest BCUT2D eigenvalue weighted by Crippen LogP contribution is -2.15. The summed E-state index contributed by atoms with van der Waals surface area (Å²) in [5, 5.41) is 2.83. The van der Waals surface area contributed by atoms with Gasteiger partial charge < -0.3 is 19.6 Å². The summed E-state index contributed by atoms with van der Waals surface area (Å²) in [4.78, 5) is 29.2. The predicted octanol–water partition coefficient (Wildman–Crippen LogP) is 5.05. The average molecular weight is 446 g/mol. The van der Waals surface area contributed by atoms with Gasteiger partial charge in [0.1, 0.15) is 5.82 Å². The van der Waals surface area contributed by atoms with E-state index in [1.165, 1.54) is 0 Å². The van der Waals surface area contributed by atoms with Crippen molar-refractivity contribution in [1.82, 2.24) is 4.98 Å². The summed E-state index contributed by atoms with van der Waals surface area (Å²) in [5.41, 5.74) is 3.31. The van der Waals surface area contributed by atoms with Gasteiger partial charge in [-0.05, 0) is 55.9 Å². The number of carbonyl (C=O) groups excluding carboxylic acids is 1. The molecule has 0 aliphatic heterocycles. The first-order valence-corrected chi connectivity index (χ1v) is 12.5. The molecule has 2 unspecified atom stereocenters. The maximum absolute atomic E-state index is 12.7. The number of carbonyl (C=O) groups is 1. The van der Waals surface area contributed by atoms with Crippen LogP contribution >= 0.6 is 7.60 Å². The van der Waals surface area contributed by atoms with Gasteiger partial charge in [0.05, 0.1) is 12.3 Å². The van der Waals surface area contributed by atoms with Crippen molar-refractivity contribution < 1.29 is 18.8 Å². The van der Waals surface area contributed by atoms with E-state index in [0.29, 0.717) is 30.1 Å². The van der Waals surface area contributed by atoms with Crippen LogP contribution in [0.4, 0.5) is 11.5 Å². The van der Waals surface area contributed by atoms with Crippen molar-refractivity contribution in [3.05, 3.63) is 42.1 Å². The summed E-state index contributed by atoms with van der Waals surface area (Å²) in [6, 6.07) is 9.78. The van der Waals surface area contributed by atoms with Crippen molar-refractivity contribution >= 4 is 25.0 Å². The number of amides is 1. The molecule has 3 rings (SSSR count). The lowest BCUT2D eigenvalue weighted by molar-refractivity contribution is -0.116. The molecule has 1 aromatic heterocycles. The van der Waals surface area contributed by atoms with Crippen LogP contribution in [0.1, 0.15) is 45.1 Å². The molecule has 0 radical (unpaired) electrons. The molecular formula is C23H32N3O4P. The summed E-state index contributed by atoms with van der Waals surface area (Å²) in [6.07, 6.45) is 4.36. The van der Waals surface area contributed by atoms with Gasteiger partial charge in [0.2, 0.25) is 5.91 Å². The molecule has 0 saturated heterocycles. The fourth-order valence-corrected chi connectivity index (χ4v) is 4.69. The van der Waals surface area contributed by atoms with Gasteiger partial charge >= 0.3 is 7.60 Å². The molecule has 0 spiro atoms. The van der Waals surface area contributed by atoms with Gasteiger partial charge in [-0.1, -0.05) is 19.1 Å². The Morgan fingerprint density at radius 3 is 2.55 bits per heavy atom. The topological polar surface area (TPSA) is 91.8 Å². The van der Waals surface area contributed by atoms with Crippen LogP contribution in [0.3, 0.4) is 0 Å². The van der Waals surface area contributed by atoms with Gasteiger partial charge in [-0.3, -0.25) is 9.36 Å². The van der Waals surface area contributed by atoms with Gasteiger partial charge in [-0.15, -0.1) is 0 Å². The summed E-state index contributed by atoms with van der Waals surface area (Å²) < 4.78 is 18.1. The number of aromatic nitrogens is 1. The van der Waals surface area contributed by atoms with Crippen LogP contribution < -0.4 is 10.2 Å². The fraction of sp³-hybridized carbons (Fsp3) is 0.478. The van der Waals surface area contributed by atoms with Gasteiger partial charge in [-0.2, -0.15) is 0 Å². The highest BCUT2D eigenvalue weighted by atomic mass is 31.2. The highest BCUT2D eigenvalue weighted by molar-refractivity contribution is 7.52. The van der Waals surface area contributed by atoms with Crippen molar-refractivity contribution in [3.8, 4) is 11.1 Å². The molecule has 1 amide bonds. The van der Waals surface area contributed by atoms with Gasteiger partial charge in [0.25, 0.3) is 0 Å². The number of hydrogen-bond acceptors (Lipinski definition) is 5. The third-order valence-electron chi connectivity index (χ3n) is 5.40. The third-order valence-corrected chi connectivity index (χ3v) is 6.83. The fourth-order valence-electron chi connectivity index (χ4n) is 3.23. The molecule has 2 aromatic rings. The maximum atomic E-state index is 12.7. The van der Waals surface area contributed by atoms with E-state index < -0.39 is 7.60 Å². The minimum Gasteiger partial charge on any atom is -0.378 e. The van der Waals surface area contributed by atoms with Crippen LogP contribution in [0.15, 0.2) is 36.5 Å². The minimum atomic E-state index is -3.90. The van der Waals surface area contributed by atoms with E-state index in [1.807, 2.05) is 56.3 Å².